The van der Waals surface area contributed by atoms with Gasteiger partial charge in [0, 0.05) is 19.6 Å². The largest absolute Gasteiger partial charge is 0.472 e. The van der Waals surface area contributed by atoms with Crippen LogP contribution in [0.1, 0.15) is 181 Å². The number of rotatable bonds is 39. The molecular formula is C41H78NO7P. The molecule has 0 saturated carbocycles. The van der Waals surface area contributed by atoms with Crippen LogP contribution in [0.15, 0.2) is 36.5 Å². The number of phosphoric ester groups is 1. The normalized spacial score (nSPS) is 13.9. The maximum atomic E-state index is 12.6. The van der Waals surface area contributed by atoms with E-state index in [1.165, 1.54) is 122 Å². The number of carbonyl (C=O) groups is 1. The van der Waals surface area contributed by atoms with Gasteiger partial charge in [0.15, 0.2) is 0 Å². The second-order valence-corrected chi connectivity index (χ2v) is 14.9. The number of allylic oxidation sites excluding steroid dienone is 6. The summed E-state index contributed by atoms with van der Waals surface area (Å²) >= 11 is 0. The van der Waals surface area contributed by atoms with Gasteiger partial charge in [-0.1, -0.05) is 147 Å². The minimum absolute atomic E-state index is 0.0977. The third kappa shape index (κ3) is 38.0. The third-order valence-corrected chi connectivity index (χ3v) is 9.51. The zero-order chi connectivity index (χ0) is 36.6. The second-order valence-electron chi connectivity index (χ2n) is 13.5. The number of nitrogens with two attached hydrogens (primary N) is 1. The first kappa shape index (κ1) is 48.7. The van der Waals surface area contributed by atoms with Gasteiger partial charge in [-0.25, -0.2) is 4.57 Å². The molecule has 0 fully saturated rings. The minimum atomic E-state index is -4.27. The predicted molar refractivity (Wildman–Crippen MR) is 210 cm³/mol. The van der Waals surface area contributed by atoms with E-state index < -0.39 is 13.9 Å². The minimum Gasteiger partial charge on any atom is -0.457 e. The summed E-state index contributed by atoms with van der Waals surface area (Å²) in [6, 6.07) is 0. The molecule has 2 unspecified atom stereocenters. The summed E-state index contributed by atoms with van der Waals surface area (Å²) in [4.78, 5) is 22.4. The van der Waals surface area contributed by atoms with Crippen molar-refractivity contribution in [3.05, 3.63) is 36.5 Å². The topological polar surface area (TPSA) is 117 Å². The lowest BCUT2D eigenvalue weighted by Crippen LogP contribution is -2.28. The van der Waals surface area contributed by atoms with Gasteiger partial charge < -0.3 is 20.1 Å². The Morgan fingerprint density at radius 2 is 1.08 bits per heavy atom. The van der Waals surface area contributed by atoms with Crippen LogP contribution in [0.4, 0.5) is 0 Å². The van der Waals surface area contributed by atoms with Crippen molar-refractivity contribution in [3.8, 4) is 0 Å². The molecule has 0 aliphatic rings. The SMILES string of the molecule is CCCC/C=C\CCCCCCCCOCC(COP(=O)(O)OCCN)OC(=O)CCCCCCCCCCC/C=C\C/C=C\CCCCC. The number of ether oxygens (including phenoxy) is 2. The van der Waals surface area contributed by atoms with Crippen LogP contribution in [0.25, 0.3) is 0 Å². The standard InChI is InChI=1S/C41H78NO7P/c1-3-5-7-9-11-13-15-17-18-19-20-21-22-23-24-26-28-30-32-34-41(43)49-40(39-48-50(44,45)47-37-35-42)38-46-36-33-31-29-27-25-16-14-12-10-8-6-4-2/h10-13,17-18,40H,3-9,14-16,19-39,42H2,1-2H3,(H,44,45)/b12-10-,13-11-,18-17-. The van der Waals surface area contributed by atoms with E-state index >= 15 is 0 Å². The van der Waals surface area contributed by atoms with Gasteiger partial charge in [-0.15, -0.1) is 0 Å². The maximum Gasteiger partial charge on any atom is 0.472 e. The van der Waals surface area contributed by atoms with Gasteiger partial charge in [0.2, 0.25) is 0 Å². The lowest BCUT2D eigenvalue weighted by molar-refractivity contribution is -0.154. The van der Waals surface area contributed by atoms with Gasteiger partial charge in [-0.3, -0.25) is 13.8 Å². The molecule has 0 aromatic heterocycles. The van der Waals surface area contributed by atoms with Gasteiger partial charge in [0.05, 0.1) is 19.8 Å². The lowest BCUT2D eigenvalue weighted by Gasteiger charge is -2.20. The van der Waals surface area contributed by atoms with E-state index in [4.69, 9.17) is 24.3 Å². The Hall–Kier alpha value is -1.28. The van der Waals surface area contributed by atoms with Gasteiger partial charge in [-0.05, 0) is 64.2 Å². The number of carbonyl (C=O) groups excluding carboxylic acids is 1. The van der Waals surface area contributed by atoms with Gasteiger partial charge >= 0.3 is 13.8 Å². The molecule has 3 N–H and O–H groups in total. The van der Waals surface area contributed by atoms with Crippen LogP contribution in [0, 0.1) is 0 Å². The Morgan fingerprint density at radius 3 is 1.64 bits per heavy atom. The van der Waals surface area contributed by atoms with E-state index in [0.29, 0.717) is 13.0 Å². The molecule has 0 rings (SSSR count). The van der Waals surface area contributed by atoms with Gasteiger partial charge in [0.25, 0.3) is 0 Å². The fraction of sp³-hybridized carbons (Fsp3) is 0.829. The van der Waals surface area contributed by atoms with Crippen LogP contribution in [-0.4, -0.2) is 49.9 Å². The quantitative estimate of drug-likeness (QED) is 0.0278. The van der Waals surface area contributed by atoms with E-state index in [0.717, 1.165) is 38.5 Å². The Bertz CT molecular complexity index is 864. The lowest BCUT2D eigenvalue weighted by atomic mass is 10.1. The average molecular weight is 728 g/mol. The summed E-state index contributed by atoms with van der Waals surface area (Å²) in [6.07, 6.45) is 43.0. The first-order valence-electron chi connectivity index (χ1n) is 20.5. The summed E-state index contributed by atoms with van der Waals surface area (Å²) in [5, 5.41) is 0. The number of esters is 1. The fourth-order valence-electron chi connectivity index (χ4n) is 5.48. The van der Waals surface area contributed by atoms with Crippen molar-refractivity contribution in [2.75, 3.05) is 33.0 Å². The summed E-state index contributed by atoms with van der Waals surface area (Å²) in [5.74, 6) is -0.338. The van der Waals surface area contributed by atoms with Crippen molar-refractivity contribution < 1.29 is 32.8 Å². The first-order chi connectivity index (χ1) is 24.4. The predicted octanol–water partition coefficient (Wildman–Crippen LogP) is 11.9. The molecule has 0 aliphatic heterocycles. The van der Waals surface area contributed by atoms with Crippen LogP contribution in [0.2, 0.25) is 0 Å². The highest BCUT2D eigenvalue weighted by Gasteiger charge is 2.25. The van der Waals surface area contributed by atoms with Crippen molar-refractivity contribution in [1.82, 2.24) is 0 Å². The monoisotopic (exact) mass is 728 g/mol. The summed E-state index contributed by atoms with van der Waals surface area (Å²) in [7, 11) is -4.27. The molecule has 0 aromatic rings. The maximum absolute atomic E-state index is 12.6. The number of hydrogen-bond donors (Lipinski definition) is 2. The Morgan fingerprint density at radius 1 is 0.600 bits per heavy atom. The van der Waals surface area contributed by atoms with Crippen LogP contribution < -0.4 is 5.73 Å². The average Bonchev–Trinajstić information content (AvgIpc) is 3.10. The third-order valence-electron chi connectivity index (χ3n) is 8.53. The van der Waals surface area contributed by atoms with E-state index in [-0.39, 0.29) is 32.3 Å². The molecule has 2 atom stereocenters. The van der Waals surface area contributed by atoms with Crippen molar-refractivity contribution in [1.29, 1.82) is 0 Å². The van der Waals surface area contributed by atoms with E-state index in [9.17, 15) is 14.3 Å². The molecule has 0 saturated heterocycles. The molecule has 0 amide bonds. The first-order valence-corrected chi connectivity index (χ1v) is 22.0. The van der Waals surface area contributed by atoms with Crippen LogP contribution in [-0.2, 0) is 27.9 Å². The summed E-state index contributed by atoms with van der Waals surface area (Å²) in [5.41, 5.74) is 5.36. The van der Waals surface area contributed by atoms with E-state index in [2.05, 4.69) is 50.3 Å². The van der Waals surface area contributed by atoms with Crippen LogP contribution in [0.5, 0.6) is 0 Å². The molecule has 0 spiro atoms. The Labute approximate surface area is 308 Å². The zero-order valence-electron chi connectivity index (χ0n) is 32.4. The van der Waals surface area contributed by atoms with Crippen LogP contribution >= 0.6 is 7.82 Å². The summed E-state index contributed by atoms with van der Waals surface area (Å²) < 4.78 is 33.3. The summed E-state index contributed by atoms with van der Waals surface area (Å²) in [6.45, 7) is 4.85. The molecule has 50 heavy (non-hydrogen) atoms. The number of phosphoric acid groups is 1. The highest BCUT2D eigenvalue weighted by atomic mass is 31.2. The van der Waals surface area contributed by atoms with Crippen LogP contribution in [0.3, 0.4) is 0 Å². The molecular weight excluding hydrogens is 649 g/mol. The van der Waals surface area contributed by atoms with E-state index in [1.54, 1.807) is 0 Å². The zero-order valence-corrected chi connectivity index (χ0v) is 33.3. The van der Waals surface area contributed by atoms with Crippen molar-refractivity contribution in [2.24, 2.45) is 5.73 Å². The van der Waals surface area contributed by atoms with Crippen molar-refractivity contribution in [3.63, 3.8) is 0 Å². The highest BCUT2D eigenvalue weighted by molar-refractivity contribution is 7.47. The molecule has 9 heteroatoms. The molecule has 0 aromatic carbocycles. The molecule has 8 nitrogen and oxygen atoms in total. The molecule has 294 valence electrons. The van der Waals surface area contributed by atoms with Gasteiger partial charge in [0.1, 0.15) is 6.10 Å². The number of unbranched alkanes of at least 4 members (excludes halogenated alkanes) is 20. The Balaban J connectivity index is 4.04. The molecule has 0 bridgehead atoms. The van der Waals surface area contributed by atoms with E-state index in [1.807, 2.05) is 0 Å². The number of hydrogen-bond acceptors (Lipinski definition) is 7. The highest BCUT2D eigenvalue weighted by Crippen LogP contribution is 2.43. The van der Waals surface area contributed by atoms with Crippen molar-refractivity contribution in [2.45, 2.75) is 187 Å². The second kappa shape index (κ2) is 38.9. The fourth-order valence-corrected chi connectivity index (χ4v) is 6.24. The Kier molecular flexibility index (Phi) is 37.9. The van der Waals surface area contributed by atoms with Gasteiger partial charge in [-0.2, -0.15) is 0 Å². The molecule has 0 radical (unpaired) electrons. The van der Waals surface area contributed by atoms with Crippen molar-refractivity contribution >= 4 is 13.8 Å². The molecule has 0 aliphatic carbocycles. The molecule has 0 heterocycles. The smallest absolute Gasteiger partial charge is 0.457 e.